The smallest absolute Gasteiger partial charge is 0.154 e. The van der Waals surface area contributed by atoms with Gasteiger partial charge in [-0.25, -0.2) is 9.97 Å². The molecule has 0 saturated heterocycles. The fraction of sp³-hybridized carbons (Fsp3) is 0.250. The van der Waals surface area contributed by atoms with E-state index in [0.717, 1.165) is 41.2 Å². The summed E-state index contributed by atoms with van der Waals surface area (Å²) in [7, 11) is 1.71. The molecular formula is C16H15N3OS. The van der Waals surface area contributed by atoms with E-state index in [1.165, 1.54) is 11.3 Å². The van der Waals surface area contributed by atoms with Crippen LogP contribution in [0.5, 0.6) is 5.75 Å². The van der Waals surface area contributed by atoms with Gasteiger partial charge in [0, 0.05) is 12.2 Å². The van der Waals surface area contributed by atoms with E-state index in [2.05, 4.69) is 32.4 Å². The first-order chi connectivity index (χ1) is 10.4. The Balaban J connectivity index is 1.86. The molecule has 4 rings (SSSR count). The molecule has 1 aromatic carbocycles. The van der Waals surface area contributed by atoms with Gasteiger partial charge in [0.2, 0.25) is 0 Å². The average molecular weight is 297 g/mol. The van der Waals surface area contributed by atoms with Gasteiger partial charge >= 0.3 is 0 Å². The standard InChI is InChI=1S/C16H15N3OS/c1-20-12-4-5-14-11(9-12)3-2-7-19(14)16-15-13(6-8-21-15)17-10-18-16/h4-6,8-10H,2-3,7H2,1H3. The summed E-state index contributed by atoms with van der Waals surface area (Å²) in [6, 6.07) is 8.33. The highest BCUT2D eigenvalue weighted by molar-refractivity contribution is 7.17. The van der Waals surface area contributed by atoms with Crippen LogP contribution >= 0.6 is 11.3 Å². The monoisotopic (exact) mass is 297 g/mol. The molecule has 4 nitrogen and oxygen atoms in total. The SMILES string of the molecule is COc1ccc2c(c1)CCCN2c1ncnc2ccsc12. The van der Waals surface area contributed by atoms with Crippen LogP contribution in [0.2, 0.25) is 0 Å². The fourth-order valence-electron chi connectivity index (χ4n) is 2.89. The zero-order chi connectivity index (χ0) is 14.2. The second kappa shape index (κ2) is 5.00. The Kier molecular flexibility index (Phi) is 3.00. The molecular weight excluding hydrogens is 282 g/mol. The number of fused-ring (bicyclic) bond motifs is 2. The summed E-state index contributed by atoms with van der Waals surface area (Å²) in [5.74, 6) is 1.93. The van der Waals surface area contributed by atoms with Gasteiger partial charge in [0.05, 0.1) is 17.3 Å². The molecule has 3 aromatic rings. The average Bonchev–Trinajstić information content (AvgIpc) is 3.02. The Morgan fingerprint density at radius 1 is 1.24 bits per heavy atom. The number of hydrogen-bond acceptors (Lipinski definition) is 5. The van der Waals surface area contributed by atoms with E-state index >= 15 is 0 Å². The number of aromatic nitrogens is 2. The van der Waals surface area contributed by atoms with Crippen molar-refractivity contribution in [1.82, 2.24) is 9.97 Å². The van der Waals surface area contributed by atoms with Gasteiger partial charge in [-0.05, 0) is 48.1 Å². The lowest BCUT2D eigenvalue weighted by Gasteiger charge is -2.30. The summed E-state index contributed by atoms with van der Waals surface area (Å²) in [6.45, 7) is 0.989. The van der Waals surface area contributed by atoms with Crippen LogP contribution in [0.4, 0.5) is 11.5 Å². The Bertz CT molecular complexity index is 799. The van der Waals surface area contributed by atoms with E-state index in [9.17, 15) is 0 Å². The summed E-state index contributed by atoms with van der Waals surface area (Å²) in [6.07, 6.45) is 3.86. The van der Waals surface area contributed by atoms with Crippen molar-refractivity contribution in [2.45, 2.75) is 12.8 Å². The molecule has 3 heterocycles. The minimum atomic E-state index is 0.916. The van der Waals surface area contributed by atoms with Gasteiger partial charge in [-0.3, -0.25) is 0 Å². The maximum Gasteiger partial charge on any atom is 0.154 e. The minimum Gasteiger partial charge on any atom is -0.497 e. The number of thiophene rings is 1. The van der Waals surface area contributed by atoms with Gasteiger partial charge in [0.1, 0.15) is 12.1 Å². The van der Waals surface area contributed by atoms with Crippen LogP contribution in [0.3, 0.4) is 0 Å². The first-order valence-electron chi connectivity index (χ1n) is 6.99. The number of rotatable bonds is 2. The number of anilines is 2. The van der Waals surface area contributed by atoms with E-state index in [0.29, 0.717) is 0 Å². The third-order valence-electron chi connectivity index (χ3n) is 3.89. The van der Waals surface area contributed by atoms with Crippen molar-refractivity contribution in [3.63, 3.8) is 0 Å². The van der Waals surface area contributed by atoms with Gasteiger partial charge in [0.25, 0.3) is 0 Å². The van der Waals surface area contributed by atoms with Gasteiger partial charge < -0.3 is 9.64 Å². The molecule has 0 aliphatic carbocycles. The summed E-state index contributed by atoms with van der Waals surface area (Å²) in [4.78, 5) is 11.2. The second-order valence-corrected chi connectivity index (χ2v) is 6.00. The van der Waals surface area contributed by atoms with Crippen LogP contribution in [0.15, 0.2) is 36.0 Å². The molecule has 2 aromatic heterocycles. The van der Waals surface area contributed by atoms with Crippen molar-refractivity contribution in [2.24, 2.45) is 0 Å². The third-order valence-corrected chi connectivity index (χ3v) is 4.78. The van der Waals surface area contributed by atoms with Crippen molar-refractivity contribution in [3.8, 4) is 5.75 Å². The Hall–Kier alpha value is -2.14. The van der Waals surface area contributed by atoms with Crippen molar-refractivity contribution in [1.29, 1.82) is 0 Å². The highest BCUT2D eigenvalue weighted by Gasteiger charge is 2.22. The number of hydrogen-bond donors (Lipinski definition) is 0. The molecule has 21 heavy (non-hydrogen) atoms. The van der Waals surface area contributed by atoms with Gasteiger partial charge in [0.15, 0.2) is 5.82 Å². The molecule has 106 valence electrons. The van der Waals surface area contributed by atoms with Crippen LogP contribution < -0.4 is 9.64 Å². The summed E-state index contributed by atoms with van der Waals surface area (Å²) in [5.41, 5.74) is 3.57. The molecule has 0 atom stereocenters. The molecule has 0 radical (unpaired) electrons. The number of ether oxygens (including phenoxy) is 1. The van der Waals surface area contributed by atoms with Crippen molar-refractivity contribution in [3.05, 3.63) is 41.5 Å². The molecule has 0 bridgehead atoms. The summed E-state index contributed by atoms with van der Waals surface area (Å²) < 4.78 is 6.49. The zero-order valence-corrected chi connectivity index (χ0v) is 12.6. The Morgan fingerprint density at radius 3 is 3.10 bits per heavy atom. The number of aryl methyl sites for hydroxylation is 1. The lowest BCUT2D eigenvalue weighted by atomic mass is 10.0. The molecule has 0 spiro atoms. The van der Waals surface area contributed by atoms with E-state index in [1.54, 1.807) is 24.8 Å². The third kappa shape index (κ3) is 2.05. The molecule has 0 amide bonds. The maximum atomic E-state index is 5.34. The number of nitrogens with zero attached hydrogens (tertiary/aromatic N) is 3. The highest BCUT2D eigenvalue weighted by Crippen LogP contribution is 2.38. The minimum absolute atomic E-state index is 0.916. The molecule has 0 saturated carbocycles. The Morgan fingerprint density at radius 2 is 2.19 bits per heavy atom. The first kappa shape index (κ1) is 12.6. The number of benzene rings is 1. The van der Waals surface area contributed by atoms with Crippen molar-refractivity contribution < 1.29 is 4.74 Å². The molecule has 0 N–H and O–H groups in total. The van der Waals surface area contributed by atoms with Crippen LogP contribution in [-0.4, -0.2) is 23.6 Å². The van der Waals surface area contributed by atoms with Crippen molar-refractivity contribution >= 4 is 33.1 Å². The first-order valence-corrected chi connectivity index (χ1v) is 7.87. The second-order valence-electron chi connectivity index (χ2n) is 5.08. The largest absolute Gasteiger partial charge is 0.497 e. The highest BCUT2D eigenvalue weighted by atomic mass is 32.1. The quantitative estimate of drug-likeness (QED) is 0.721. The predicted octanol–water partition coefficient (Wildman–Crippen LogP) is 3.78. The summed E-state index contributed by atoms with van der Waals surface area (Å²) >= 11 is 1.70. The Labute approximate surface area is 127 Å². The fourth-order valence-corrected chi connectivity index (χ4v) is 3.73. The van der Waals surface area contributed by atoms with Crippen molar-refractivity contribution in [2.75, 3.05) is 18.6 Å². The van der Waals surface area contributed by atoms with E-state index in [1.807, 2.05) is 12.1 Å². The van der Waals surface area contributed by atoms with Crippen LogP contribution in [0, 0.1) is 0 Å². The lowest BCUT2D eigenvalue weighted by molar-refractivity contribution is 0.414. The molecule has 0 fully saturated rings. The lowest BCUT2D eigenvalue weighted by Crippen LogP contribution is -2.25. The van der Waals surface area contributed by atoms with Gasteiger partial charge in [-0.15, -0.1) is 11.3 Å². The molecule has 1 aliphatic heterocycles. The van der Waals surface area contributed by atoms with Crippen LogP contribution in [0.1, 0.15) is 12.0 Å². The van der Waals surface area contributed by atoms with Crippen LogP contribution in [-0.2, 0) is 6.42 Å². The van der Waals surface area contributed by atoms with Gasteiger partial charge in [-0.2, -0.15) is 0 Å². The molecule has 0 unspecified atom stereocenters. The maximum absolute atomic E-state index is 5.34. The zero-order valence-electron chi connectivity index (χ0n) is 11.7. The van der Waals surface area contributed by atoms with Crippen LogP contribution in [0.25, 0.3) is 10.2 Å². The van der Waals surface area contributed by atoms with Gasteiger partial charge in [-0.1, -0.05) is 0 Å². The molecule has 5 heteroatoms. The number of methoxy groups -OCH3 is 1. The topological polar surface area (TPSA) is 38.2 Å². The van der Waals surface area contributed by atoms with E-state index in [-0.39, 0.29) is 0 Å². The van der Waals surface area contributed by atoms with E-state index < -0.39 is 0 Å². The normalized spacial score (nSPS) is 14.2. The predicted molar refractivity (Wildman–Crippen MR) is 85.7 cm³/mol. The molecule has 1 aliphatic rings. The summed E-state index contributed by atoms with van der Waals surface area (Å²) in [5, 5.41) is 2.07. The van der Waals surface area contributed by atoms with E-state index in [4.69, 9.17) is 4.74 Å².